The predicted molar refractivity (Wildman–Crippen MR) is 81.6 cm³/mol. The molecule has 0 aliphatic carbocycles. The van der Waals surface area contributed by atoms with Gasteiger partial charge in [0.2, 0.25) is 5.91 Å². The molecule has 0 saturated heterocycles. The number of para-hydroxylation sites is 2. The van der Waals surface area contributed by atoms with Gasteiger partial charge in [-0.25, -0.2) is 0 Å². The van der Waals surface area contributed by atoms with Crippen molar-refractivity contribution in [3.05, 3.63) is 42.2 Å². The molecular weight excluding hydrogens is 328 g/mol. The van der Waals surface area contributed by atoms with Crippen LogP contribution in [0.4, 0.5) is 14.5 Å². The Balaban J connectivity index is 1.94. The largest absolute Gasteiger partial charge is 0.433 e. The van der Waals surface area contributed by atoms with E-state index in [-0.39, 0.29) is 22.9 Å². The molecule has 1 unspecified atom stereocenters. The number of ether oxygens (including phenoxy) is 1. The van der Waals surface area contributed by atoms with Crippen LogP contribution in [0.5, 0.6) is 5.75 Å². The summed E-state index contributed by atoms with van der Waals surface area (Å²) in [6.07, 6.45) is 1.57. The minimum Gasteiger partial charge on any atom is -0.433 e. The van der Waals surface area contributed by atoms with Gasteiger partial charge in [0.1, 0.15) is 11.5 Å². The molecule has 0 saturated carbocycles. The summed E-state index contributed by atoms with van der Waals surface area (Å²) in [7, 11) is 0.270. The van der Waals surface area contributed by atoms with Crippen molar-refractivity contribution < 1.29 is 22.5 Å². The molecule has 0 aliphatic rings. The molecule has 0 fully saturated rings. The predicted octanol–water partition coefficient (Wildman–Crippen LogP) is 1.91. The summed E-state index contributed by atoms with van der Waals surface area (Å²) in [6, 6.07) is 7.53. The van der Waals surface area contributed by atoms with Crippen LogP contribution in [0.15, 0.2) is 36.5 Å². The number of aromatic nitrogens is 2. The van der Waals surface area contributed by atoms with Gasteiger partial charge in [0.05, 0.1) is 17.1 Å². The van der Waals surface area contributed by atoms with Gasteiger partial charge in [0.25, 0.3) is 0 Å². The van der Waals surface area contributed by atoms with Crippen molar-refractivity contribution in [3.8, 4) is 5.75 Å². The minimum atomic E-state index is -2.99. The Morgan fingerprint density at radius 1 is 1.39 bits per heavy atom. The van der Waals surface area contributed by atoms with Crippen molar-refractivity contribution in [2.24, 2.45) is 7.05 Å². The average molecular weight is 343 g/mol. The number of carbonyl (C=O) groups is 1. The van der Waals surface area contributed by atoms with E-state index in [1.807, 2.05) is 0 Å². The molecular formula is C14H15F2N3O3S. The highest BCUT2D eigenvalue weighted by Crippen LogP contribution is 2.25. The van der Waals surface area contributed by atoms with Crippen molar-refractivity contribution in [2.75, 3.05) is 11.1 Å². The second-order valence-corrected chi connectivity index (χ2v) is 6.05. The van der Waals surface area contributed by atoms with Gasteiger partial charge >= 0.3 is 6.61 Å². The van der Waals surface area contributed by atoms with Crippen LogP contribution < -0.4 is 10.1 Å². The maximum absolute atomic E-state index is 12.3. The molecule has 2 aromatic rings. The second-order valence-electron chi connectivity index (χ2n) is 4.60. The van der Waals surface area contributed by atoms with Gasteiger partial charge in [0.15, 0.2) is 0 Å². The third kappa shape index (κ3) is 5.13. The fourth-order valence-corrected chi connectivity index (χ4v) is 2.94. The van der Waals surface area contributed by atoms with E-state index >= 15 is 0 Å². The Bertz CT molecular complexity index is 706. The number of hydrogen-bond acceptors (Lipinski definition) is 4. The van der Waals surface area contributed by atoms with Crippen LogP contribution in [0.25, 0.3) is 0 Å². The van der Waals surface area contributed by atoms with E-state index in [9.17, 15) is 17.8 Å². The van der Waals surface area contributed by atoms with Gasteiger partial charge in [0, 0.05) is 24.0 Å². The summed E-state index contributed by atoms with van der Waals surface area (Å²) >= 11 is 0. The second kappa shape index (κ2) is 7.82. The number of anilines is 1. The molecule has 1 N–H and O–H groups in total. The first-order chi connectivity index (χ1) is 11.0. The number of amides is 1. The summed E-state index contributed by atoms with van der Waals surface area (Å²) in [6.45, 7) is -2.99. The molecule has 1 atom stereocenters. The zero-order chi connectivity index (χ0) is 16.8. The molecule has 0 bridgehead atoms. The van der Waals surface area contributed by atoms with E-state index in [1.54, 1.807) is 30.1 Å². The number of carbonyl (C=O) groups excluding carboxylic acids is 1. The number of nitrogens with one attached hydrogen (secondary N) is 1. The molecule has 124 valence electrons. The van der Waals surface area contributed by atoms with Crippen LogP contribution in [0.2, 0.25) is 0 Å². The maximum Gasteiger partial charge on any atom is 0.387 e. The topological polar surface area (TPSA) is 73.2 Å². The summed E-state index contributed by atoms with van der Waals surface area (Å²) in [5.41, 5.74) is 0.841. The van der Waals surface area contributed by atoms with E-state index in [4.69, 9.17) is 0 Å². The number of alkyl halides is 2. The lowest BCUT2D eigenvalue weighted by Crippen LogP contribution is -2.21. The average Bonchev–Trinajstić information content (AvgIpc) is 2.85. The Morgan fingerprint density at radius 3 is 2.78 bits per heavy atom. The Morgan fingerprint density at radius 2 is 2.13 bits per heavy atom. The Labute approximate surface area is 133 Å². The van der Waals surface area contributed by atoms with Crippen molar-refractivity contribution in [3.63, 3.8) is 0 Å². The fraction of sp³-hybridized carbons (Fsp3) is 0.286. The first-order valence-corrected chi connectivity index (χ1v) is 8.10. The third-order valence-electron chi connectivity index (χ3n) is 2.90. The van der Waals surface area contributed by atoms with E-state index < -0.39 is 23.3 Å². The lowest BCUT2D eigenvalue weighted by atomic mass is 10.3. The maximum atomic E-state index is 12.3. The third-order valence-corrected chi connectivity index (χ3v) is 4.10. The normalized spacial score (nSPS) is 12.2. The van der Waals surface area contributed by atoms with E-state index in [1.165, 1.54) is 18.2 Å². The molecule has 9 heteroatoms. The molecule has 2 rings (SSSR count). The molecule has 6 nitrogen and oxygen atoms in total. The van der Waals surface area contributed by atoms with Gasteiger partial charge < -0.3 is 10.1 Å². The highest BCUT2D eigenvalue weighted by molar-refractivity contribution is 7.84. The first-order valence-electron chi connectivity index (χ1n) is 6.61. The molecule has 0 spiro atoms. The Hall–Kier alpha value is -2.29. The van der Waals surface area contributed by atoms with Gasteiger partial charge in [-0.2, -0.15) is 13.9 Å². The smallest absolute Gasteiger partial charge is 0.387 e. The summed E-state index contributed by atoms with van der Waals surface area (Å²) in [5.74, 6) is -0.767. The number of benzene rings is 1. The van der Waals surface area contributed by atoms with Crippen molar-refractivity contribution in [2.45, 2.75) is 12.4 Å². The summed E-state index contributed by atoms with van der Waals surface area (Å²) < 4.78 is 42.5. The Kier molecular flexibility index (Phi) is 5.80. The number of aryl methyl sites for hydroxylation is 1. The number of halogens is 2. The molecule has 0 radical (unpaired) electrons. The molecule has 1 aromatic carbocycles. The number of hydrogen-bond donors (Lipinski definition) is 1. The zero-order valence-corrected chi connectivity index (χ0v) is 13.1. The van der Waals surface area contributed by atoms with Crippen molar-refractivity contribution in [1.82, 2.24) is 9.78 Å². The van der Waals surface area contributed by atoms with Crippen LogP contribution in [-0.4, -0.2) is 32.3 Å². The monoisotopic (exact) mass is 343 g/mol. The van der Waals surface area contributed by atoms with Gasteiger partial charge in [-0.1, -0.05) is 12.1 Å². The fourth-order valence-electron chi connectivity index (χ4n) is 1.86. The quantitative estimate of drug-likeness (QED) is 0.833. The van der Waals surface area contributed by atoms with Crippen molar-refractivity contribution >= 4 is 22.4 Å². The van der Waals surface area contributed by atoms with Crippen LogP contribution in [0.3, 0.4) is 0 Å². The minimum absolute atomic E-state index is 0.107. The highest BCUT2D eigenvalue weighted by Gasteiger charge is 2.14. The van der Waals surface area contributed by atoms with Crippen LogP contribution in [-0.2, 0) is 28.4 Å². The van der Waals surface area contributed by atoms with E-state index in [0.29, 0.717) is 0 Å². The molecule has 1 amide bonds. The molecule has 1 heterocycles. The standard InChI is InChI=1S/C14H15F2N3O3S/c1-19-10(6-7-17-19)8-23(21)9-13(20)18-11-4-2-3-5-12(11)22-14(15)16/h2-7,14H,8-9H2,1H3,(H,18,20). The highest BCUT2D eigenvalue weighted by atomic mass is 32.2. The zero-order valence-electron chi connectivity index (χ0n) is 12.2. The van der Waals surface area contributed by atoms with Gasteiger partial charge in [-0.3, -0.25) is 13.7 Å². The molecule has 1 aromatic heterocycles. The SMILES string of the molecule is Cn1nccc1CS(=O)CC(=O)Nc1ccccc1OC(F)F. The van der Waals surface area contributed by atoms with Crippen LogP contribution in [0, 0.1) is 0 Å². The van der Waals surface area contributed by atoms with E-state index in [0.717, 1.165) is 5.69 Å². The van der Waals surface area contributed by atoms with Gasteiger partial charge in [-0.05, 0) is 18.2 Å². The van der Waals surface area contributed by atoms with Crippen molar-refractivity contribution in [1.29, 1.82) is 0 Å². The van der Waals surface area contributed by atoms with Crippen LogP contribution >= 0.6 is 0 Å². The lowest BCUT2D eigenvalue weighted by molar-refractivity contribution is -0.113. The summed E-state index contributed by atoms with van der Waals surface area (Å²) in [4.78, 5) is 11.9. The number of rotatable bonds is 7. The van der Waals surface area contributed by atoms with Gasteiger partial charge in [-0.15, -0.1) is 0 Å². The number of nitrogens with zero attached hydrogens (tertiary/aromatic N) is 2. The first kappa shape index (κ1) is 17.1. The molecule has 23 heavy (non-hydrogen) atoms. The van der Waals surface area contributed by atoms with Crippen LogP contribution in [0.1, 0.15) is 5.69 Å². The lowest BCUT2D eigenvalue weighted by Gasteiger charge is -2.11. The van der Waals surface area contributed by atoms with E-state index in [2.05, 4.69) is 15.2 Å². The summed E-state index contributed by atoms with van der Waals surface area (Å²) in [5, 5.41) is 6.38. The molecule has 0 aliphatic heterocycles.